The highest BCUT2D eigenvalue weighted by Crippen LogP contribution is 2.19. The first-order valence-electron chi connectivity index (χ1n) is 28.3. The van der Waals surface area contributed by atoms with Gasteiger partial charge in [0, 0.05) is 95.6 Å². The van der Waals surface area contributed by atoms with E-state index in [4.69, 9.17) is 67.3 Å². The first-order valence-corrected chi connectivity index (χ1v) is 28.3. The summed E-state index contributed by atoms with van der Waals surface area (Å²) in [6.45, 7) is 16.4. The summed E-state index contributed by atoms with van der Waals surface area (Å²) >= 11 is 0. The molecule has 0 aliphatic rings. The summed E-state index contributed by atoms with van der Waals surface area (Å²) in [5.41, 5.74) is 9.08. The first-order chi connectivity index (χ1) is 39.2. The summed E-state index contributed by atoms with van der Waals surface area (Å²) in [5, 5.41) is 11.5. The average molecular weight is 1140 g/mol. The van der Waals surface area contributed by atoms with Crippen LogP contribution in [0.3, 0.4) is 0 Å². The molecule has 0 aliphatic carbocycles. The lowest BCUT2D eigenvalue weighted by Crippen LogP contribution is -2.26. The third-order valence-corrected chi connectivity index (χ3v) is 11.3. The second-order valence-electron chi connectivity index (χ2n) is 18.1. The molecule has 0 aliphatic heterocycles. The number of carbonyl (C=O) groups is 5. The zero-order valence-corrected chi connectivity index (χ0v) is 47.8. The van der Waals surface area contributed by atoms with Crippen molar-refractivity contribution in [2.75, 3.05) is 190 Å². The number of benzene rings is 2. The minimum absolute atomic E-state index is 0.0103. The Bertz CT molecular complexity index is 1880. The molecule has 23 nitrogen and oxygen atoms in total. The molecule has 0 unspecified atom stereocenters. The number of nitrogen functional groups attached to an aromatic ring is 1. The zero-order chi connectivity index (χ0) is 57.6. The molecule has 2 aromatic carbocycles. The van der Waals surface area contributed by atoms with Crippen LogP contribution in [0.15, 0.2) is 36.4 Å². The van der Waals surface area contributed by atoms with Crippen molar-refractivity contribution in [1.82, 2.24) is 21.3 Å². The van der Waals surface area contributed by atoms with Crippen LogP contribution in [0.5, 0.6) is 11.5 Å². The van der Waals surface area contributed by atoms with E-state index in [1.807, 2.05) is 32.0 Å². The third kappa shape index (κ3) is 43.7. The summed E-state index contributed by atoms with van der Waals surface area (Å²) in [4.78, 5) is 59.0. The molecule has 0 aromatic heterocycles. The number of aldehydes is 1. The number of nitrogens with two attached hydrogens (primary N) is 1. The van der Waals surface area contributed by atoms with Crippen molar-refractivity contribution in [1.29, 1.82) is 0 Å². The lowest BCUT2D eigenvalue weighted by Gasteiger charge is -2.09. The Morgan fingerprint density at radius 1 is 0.362 bits per heavy atom. The molecule has 0 saturated carbocycles. The largest absolute Gasteiger partial charge is 0.494 e. The number of hydrogen-bond donors (Lipinski definition) is 5. The van der Waals surface area contributed by atoms with Crippen LogP contribution < -0.4 is 36.5 Å². The van der Waals surface area contributed by atoms with Crippen LogP contribution in [-0.4, -0.2) is 215 Å². The van der Waals surface area contributed by atoms with Gasteiger partial charge in [-0.1, -0.05) is 6.07 Å². The van der Waals surface area contributed by atoms with Crippen molar-refractivity contribution < 1.29 is 85.6 Å². The van der Waals surface area contributed by atoms with Crippen molar-refractivity contribution >= 4 is 35.6 Å². The molecule has 456 valence electrons. The van der Waals surface area contributed by atoms with E-state index < -0.39 is 0 Å². The van der Waals surface area contributed by atoms with Gasteiger partial charge < -0.3 is 88.6 Å². The number of hydrogen-bond acceptors (Lipinski definition) is 19. The molecule has 23 heteroatoms. The highest BCUT2D eigenvalue weighted by Gasteiger charge is 2.07. The maximum atomic E-state index is 12.0. The molecule has 6 N–H and O–H groups in total. The minimum atomic E-state index is -0.0821. The Balaban J connectivity index is 1.17. The molecule has 0 radical (unpaired) electrons. The number of aryl methyl sites for hydroxylation is 2. The van der Waals surface area contributed by atoms with Crippen LogP contribution in [0, 0.1) is 13.8 Å². The van der Waals surface area contributed by atoms with Gasteiger partial charge in [0.05, 0.1) is 132 Å². The molecule has 4 amide bonds. The fourth-order valence-electron chi connectivity index (χ4n) is 6.78. The number of carbonyl (C=O) groups excluding carboxylic acids is 5. The molecule has 0 spiro atoms. The number of amides is 4. The van der Waals surface area contributed by atoms with Crippen molar-refractivity contribution in [3.63, 3.8) is 0 Å². The molecule has 0 saturated heterocycles. The van der Waals surface area contributed by atoms with Crippen LogP contribution in [0.2, 0.25) is 0 Å². The summed E-state index contributed by atoms with van der Waals surface area (Å²) in [7, 11) is 0. The van der Waals surface area contributed by atoms with Crippen LogP contribution in [0.4, 0.5) is 5.69 Å². The number of rotatable bonds is 57. The standard InChI is InChI=1S/C57H95N5O18/c1-48-11-13-52(46-53(48)58)80-26-4-10-55(65)60-18-6-22-69-30-36-75-38-32-71-24-8-20-62-57(67)16-28-73-34-40-77-42-44-78-43-41-76-39-33-72-27-15-56(66)61-19-7-23-70-31-37-74-35-29-68-21-5-17-59-54(64)9-3-25-79-51-14-12-50(47-63)49(2)45-51/h11-14,45-47H,3-10,15-44,58H2,1-2H3,(H,59,64)(H,60,65)(H,61,66)(H,62,67). The lowest BCUT2D eigenvalue weighted by molar-refractivity contribution is -0.123. The molecular formula is C57H95N5O18. The molecule has 0 fully saturated rings. The van der Waals surface area contributed by atoms with Crippen molar-refractivity contribution in [2.24, 2.45) is 0 Å². The first kappa shape index (κ1) is 71.1. The average Bonchev–Trinajstić information content (AvgIpc) is 3.45. The summed E-state index contributed by atoms with van der Waals surface area (Å²) in [6.07, 6.45) is 6.13. The maximum Gasteiger partial charge on any atom is 0.222 e. The van der Waals surface area contributed by atoms with Gasteiger partial charge in [0.25, 0.3) is 0 Å². The molecule has 2 aromatic rings. The van der Waals surface area contributed by atoms with E-state index >= 15 is 0 Å². The van der Waals surface area contributed by atoms with Gasteiger partial charge in [-0.05, 0) is 87.8 Å². The predicted molar refractivity (Wildman–Crippen MR) is 300 cm³/mol. The van der Waals surface area contributed by atoms with E-state index in [2.05, 4.69) is 21.3 Å². The van der Waals surface area contributed by atoms with Crippen LogP contribution in [-0.2, 0) is 71.3 Å². The minimum Gasteiger partial charge on any atom is -0.494 e. The van der Waals surface area contributed by atoms with Gasteiger partial charge in [0.2, 0.25) is 23.6 Å². The van der Waals surface area contributed by atoms with Gasteiger partial charge in [-0.25, -0.2) is 0 Å². The van der Waals surface area contributed by atoms with Gasteiger partial charge >= 0.3 is 0 Å². The highest BCUT2D eigenvalue weighted by atomic mass is 16.6. The second kappa shape index (κ2) is 52.1. The molecule has 80 heavy (non-hydrogen) atoms. The number of anilines is 1. The topological polar surface area (TPSA) is 279 Å². The Morgan fingerprint density at radius 3 is 0.988 bits per heavy atom. The van der Waals surface area contributed by atoms with Crippen LogP contribution >= 0.6 is 0 Å². The Morgan fingerprint density at radius 2 is 0.662 bits per heavy atom. The van der Waals surface area contributed by atoms with E-state index in [1.54, 1.807) is 18.2 Å². The van der Waals surface area contributed by atoms with Gasteiger partial charge in [-0.15, -0.1) is 0 Å². The smallest absolute Gasteiger partial charge is 0.222 e. The quantitative estimate of drug-likeness (QED) is 0.0359. The Kier molecular flexibility index (Phi) is 46.2. The van der Waals surface area contributed by atoms with E-state index in [0.29, 0.717) is 252 Å². The van der Waals surface area contributed by atoms with Gasteiger partial charge in [0.15, 0.2) is 0 Å². The van der Waals surface area contributed by atoms with E-state index in [1.165, 1.54) is 0 Å². The Hall–Kier alpha value is -5.05. The third-order valence-electron chi connectivity index (χ3n) is 11.3. The molecule has 0 atom stereocenters. The fraction of sp³-hybridized carbons (Fsp3) is 0.702. The zero-order valence-electron chi connectivity index (χ0n) is 47.8. The van der Waals surface area contributed by atoms with E-state index in [-0.39, 0.29) is 36.5 Å². The monoisotopic (exact) mass is 1140 g/mol. The highest BCUT2D eigenvalue weighted by molar-refractivity contribution is 5.78. The Labute approximate surface area is 474 Å². The lowest BCUT2D eigenvalue weighted by atomic mass is 10.1. The molecule has 2 rings (SSSR count). The fourth-order valence-corrected chi connectivity index (χ4v) is 6.78. The van der Waals surface area contributed by atoms with E-state index in [9.17, 15) is 24.0 Å². The SMILES string of the molecule is Cc1ccc(OCCCC(=O)NCCCOCCOCCOCCCNC(=O)CCOCCOCCOCCOCCOCCC(=O)NCCCOCCOCCOCCCNC(=O)CCCOc2ccc(C=O)c(C)c2)cc1N. The van der Waals surface area contributed by atoms with Crippen LogP contribution in [0.25, 0.3) is 0 Å². The number of ether oxygens (including phenoxy) is 13. The summed E-state index contributed by atoms with van der Waals surface area (Å²) in [6, 6.07) is 10.9. The molecule has 0 heterocycles. The van der Waals surface area contributed by atoms with Gasteiger partial charge in [-0.2, -0.15) is 0 Å². The summed E-state index contributed by atoms with van der Waals surface area (Å²) < 4.78 is 72.0. The molecule has 0 bridgehead atoms. The van der Waals surface area contributed by atoms with E-state index in [0.717, 1.165) is 23.8 Å². The summed E-state index contributed by atoms with van der Waals surface area (Å²) in [5.74, 6) is 1.19. The van der Waals surface area contributed by atoms with Crippen molar-refractivity contribution in [3.8, 4) is 11.5 Å². The second-order valence-corrected chi connectivity index (χ2v) is 18.1. The maximum absolute atomic E-state index is 12.0. The normalized spacial score (nSPS) is 11.1. The van der Waals surface area contributed by atoms with Gasteiger partial charge in [0.1, 0.15) is 17.8 Å². The van der Waals surface area contributed by atoms with Crippen LogP contribution in [0.1, 0.15) is 85.7 Å². The predicted octanol–water partition coefficient (Wildman–Crippen LogP) is 3.70. The van der Waals surface area contributed by atoms with Crippen molar-refractivity contribution in [2.45, 2.75) is 78.1 Å². The van der Waals surface area contributed by atoms with Gasteiger partial charge in [-0.3, -0.25) is 24.0 Å². The number of nitrogens with one attached hydrogen (secondary N) is 4. The molecular weight excluding hydrogens is 1040 g/mol. The van der Waals surface area contributed by atoms with Crippen molar-refractivity contribution in [3.05, 3.63) is 53.1 Å².